The molecular formula is C58H56Au2N2P2S4-4. The first-order chi connectivity index (χ1) is 31.9. The molecule has 0 aromatic heterocycles. The average Bonchev–Trinajstić information content (AvgIpc) is 3.36. The second kappa shape index (κ2) is 31.5. The van der Waals surface area contributed by atoms with Gasteiger partial charge in [-0.3, -0.25) is 0 Å². The van der Waals surface area contributed by atoms with Gasteiger partial charge in [-0.05, 0) is 70.8 Å². The normalized spacial score (nSPS) is 10.3. The van der Waals surface area contributed by atoms with Gasteiger partial charge in [-0.2, -0.15) is 41.2 Å². The number of nitrogens with zero attached hydrogens (tertiary/aromatic N) is 2. The Morgan fingerprint density at radius 1 is 0.309 bits per heavy atom. The van der Waals surface area contributed by atoms with Crippen molar-refractivity contribution in [2.75, 3.05) is 0 Å². The van der Waals surface area contributed by atoms with Gasteiger partial charge in [0, 0.05) is 92.2 Å². The molecule has 0 atom stereocenters. The van der Waals surface area contributed by atoms with Crippen molar-refractivity contribution in [3.8, 4) is 0 Å². The molecule has 0 aliphatic rings. The molecule has 10 heteroatoms. The molecule has 2 nitrogen and oxygen atoms in total. The van der Waals surface area contributed by atoms with E-state index in [0.717, 1.165) is 26.2 Å². The van der Waals surface area contributed by atoms with Crippen LogP contribution in [0, 0.1) is 26.7 Å². The van der Waals surface area contributed by atoms with Crippen molar-refractivity contribution in [3.63, 3.8) is 0 Å². The molecule has 0 fully saturated rings. The minimum atomic E-state index is -1.65. The SMILES string of the molecule is S=C([S-])N(Cc1ccccc1)Cc1ccccc1.S=C([S-])N(Cc1ccccc1)Cc1ccccc1.[Au].[Au].[CH2-][P+]([CH2-])(c1ccccc1)c1ccccc1.[CH2-][P+]([CH2-])(c1ccccc1)c1ccccc1. The molecule has 8 aromatic carbocycles. The van der Waals surface area contributed by atoms with Crippen LogP contribution in [0.3, 0.4) is 0 Å². The third-order valence-corrected chi connectivity index (χ3v) is 16.6. The smallest absolute Gasteiger partial charge is 0.0417 e. The predicted molar refractivity (Wildman–Crippen MR) is 304 cm³/mol. The van der Waals surface area contributed by atoms with E-state index in [1.165, 1.54) is 43.5 Å². The third-order valence-electron chi connectivity index (χ3n) is 10.4. The van der Waals surface area contributed by atoms with Crippen LogP contribution in [0.4, 0.5) is 0 Å². The van der Waals surface area contributed by atoms with Crippen LogP contribution in [0.2, 0.25) is 0 Å². The van der Waals surface area contributed by atoms with Gasteiger partial charge in [-0.25, -0.2) is 0 Å². The van der Waals surface area contributed by atoms with Crippen LogP contribution < -0.4 is 21.2 Å². The van der Waals surface area contributed by atoms with Crippen LogP contribution in [0.1, 0.15) is 22.3 Å². The van der Waals surface area contributed by atoms with E-state index in [4.69, 9.17) is 49.7 Å². The van der Waals surface area contributed by atoms with Crippen LogP contribution in [0.15, 0.2) is 243 Å². The van der Waals surface area contributed by atoms with Gasteiger partial charge < -0.3 is 59.5 Å². The van der Waals surface area contributed by atoms with Gasteiger partial charge in [0.15, 0.2) is 0 Å². The molecule has 0 amide bonds. The maximum absolute atomic E-state index is 5.16. The first kappa shape index (κ1) is 58.6. The molecule has 0 unspecified atom stereocenters. The molecule has 8 aromatic rings. The molecular weight excluding hydrogens is 1310 g/mol. The molecule has 0 aliphatic carbocycles. The van der Waals surface area contributed by atoms with Crippen LogP contribution in [-0.2, 0) is 96.2 Å². The monoisotopic (exact) mass is 1360 g/mol. The number of thiocarbonyl (C=S) groups is 2. The maximum Gasteiger partial charge on any atom is 0.0417 e. The molecule has 0 saturated heterocycles. The van der Waals surface area contributed by atoms with E-state index in [-0.39, 0.29) is 44.8 Å². The average molecular weight is 1370 g/mol. The van der Waals surface area contributed by atoms with Gasteiger partial charge in [0.25, 0.3) is 0 Å². The summed E-state index contributed by atoms with van der Waals surface area (Å²) in [5, 5.41) is 4.99. The summed E-state index contributed by atoms with van der Waals surface area (Å²) in [4.78, 5) is 4.07. The molecule has 2 radical (unpaired) electrons. The second-order valence-electron chi connectivity index (χ2n) is 15.5. The Balaban J connectivity index is 0.000000239. The number of hydrogen-bond acceptors (Lipinski definition) is 4. The zero-order valence-electron chi connectivity index (χ0n) is 37.8. The van der Waals surface area contributed by atoms with Crippen LogP contribution in [0.25, 0.3) is 0 Å². The van der Waals surface area contributed by atoms with E-state index >= 15 is 0 Å². The molecule has 0 bridgehead atoms. The van der Waals surface area contributed by atoms with Crippen molar-refractivity contribution in [3.05, 3.63) is 292 Å². The van der Waals surface area contributed by atoms with E-state index < -0.39 is 14.5 Å². The summed E-state index contributed by atoms with van der Waals surface area (Å²) in [7, 11) is -3.29. The van der Waals surface area contributed by atoms with Gasteiger partial charge in [-0.1, -0.05) is 203 Å². The quantitative estimate of drug-likeness (QED) is 0.0393. The standard InChI is InChI=1S/2C15H15NS2.2C14H14P.2Au/c2*17-15(18)16(11-13-7-3-1-4-8-13)12-14-9-5-2-6-10-14;2*1-15(2,13-9-5-3-6-10-13)14-11-7-4-8-12-14;;/h2*1-10H,11-12H2,(H,17,18);2*3-12H,1-2H2;;/q;;2*-1;;/p-2. The van der Waals surface area contributed by atoms with Crippen molar-refractivity contribution in [2.45, 2.75) is 26.2 Å². The summed E-state index contributed by atoms with van der Waals surface area (Å²) in [6, 6.07) is 82.3. The molecule has 68 heavy (non-hydrogen) atoms. The largest absolute Gasteiger partial charge is 0.411 e. The van der Waals surface area contributed by atoms with E-state index in [9.17, 15) is 0 Å². The summed E-state index contributed by atoms with van der Waals surface area (Å²) >= 11 is 20.6. The number of benzene rings is 8. The Kier molecular flexibility index (Phi) is 27.2. The van der Waals surface area contributed by atoms with Gasteiger partial charge in [0.1, 0.15) is 0 Å². The van der Waals surface area contributed by atoms with Gasteiger partial charge >= 0.3 is 0 Å². The second-order valence-corrected chi connectivity index (χ2v) is 23.5. The third kappa shape index (κ3) is 20.0. The van der Waals surface area contributed by atoms with Crippen LogP contribution >= 0.6 is 39.0 Å². The van der Waals surface area contributed by atoms with Crippen LogP contribution in [-0.4, -0.2) is 18.4 Å². The molecule has 0 saturated carbocycles. The molecule has 0 aliphatic heterocycles. The molecule has 0 N–H and O–H groups in total. The fourth-order valence-electron chi connectivity index (χ4n) is 6.74. The van der Waals surface area contributed by atoms with Crippen LogP contribution in [0.5, 0.6) is 0 Å². The van der Waals surface area contributed by atoms with Crippen molar-refractivity contribution in [2.24, 2.45) is 0 Å². The Hall–Kier alpha value is -3.68. The van der Waals surface area contributed by atoms with E-state index in [1.54, 1.807) is 0 Å². The zero-order valence-corrected chi connectivity index (χ0v) is 47.2. The Labute approximate surface area is 461 Å². The van der Waals surface area contributed by atoms with Crippen molar-refractivity contribution in [1.82, 2.24) is 9.80 Å². The Morgan fingerprint density at radius 2 is 0.456 bits per heavy atom. The molecule has 8 rings (SSSR count). The van der Waals surface area contributed by atoms with Gasteiger partial charge in [0.2, 0.25) is 0 Å². The summed E-state index contributed by atoms with van der Waals surface area (Å²) in [6.07, 6.45) is 0. The minimum Gasteiger partial charge on any atom is -0.411 e. The maximum atomic E-state index is 5.16. The summed E-state index contributed by atoms with van der Waals surface area (Å²) in [6.45, 7) is 20.3. The molecule has 0 spiro atoms. The molecule has 358 valence electrons. The van der Waals surface area contributed by atoms with Gasteiger partial charge in [0.05, 0.1) is 0 Å². The van der Waals surface area contributed by atoms with Crippen molar-refractivity contribution in [1.29, 1.82) is 0 Å². The van der Waals surface area contributed by atoms with Crippen molar-refractivity contribution >= 4 is 94.1 Å². The van der Waals surface area contributed by atoms with Gasteiger partial charge in [-0.15, -0.1) is 0 Å². The summed E-state index contributed by atoms with van der Waals surface area (Å²) in [5.41, 5.74) is 4.89. The minimum absolute atomic E-state index is 0. The first-order valence-electron chi connectivity index (χ1n) is 21.4. The fourth-order valence-corrected chi connectivity index (χ4v) is 10.8. The van der Waals surface area contributed by atoms with Crippen molar-refractivity contribution < 1.29 is 44.8 Å². The summed E-state index contributed by atoms with van der Waals surface area (Å²) in [5.74, 6) is 0. The van der Waals surface area contributed by atoms with E-state index in [0.29, 0.717) is 8.64 Å². The fraction of sp³-hybridized carbons (Fsp3) is 0.0690. The predicted octanol–water partition coefficient (Wildman–Crippen LogP) is 13.5. The van der Waals surface area contributed by atoms with E-state index in [1.807, 2.05) is 155 Å². The molecule has 0 heterocycles. The topological polar surface area (TPSA) is 6.48 Å². The first-order valence-corrected chi connectivity index (χ1v) is 27.3. The summed E-state index contributed by atoms with van der Waals surface area (Å²) < 4.78 is 1.03. The Morgan fingerprint density at radius 3 is 0.603 bits per heavy atom. The number of rotatable bonds is 12. The zero-order chi connectivity index (χ0) is 47.0. The number of hydrogen-bond donors (Lipinski definition) is 0. The van der Waals surface area contributed by atoms with E-state index in [2.05, 4.69) is 124 Å². The Bertz CT molecular complexity index is 2230.